The van der Waals surface area contributed by atoms with Crippen LogP contribution in [0.1, 0.15) is 108 Å². The molecular weight excluding hydrogens is 500 g/mol. The molecule has 1 unspecified atom stereocenters. The largest absolute Gasteiger partial charge is 0.446 e. The van der Waals surface area contributed by atoms with E-state index in [0.717, 1.165) is 79.8 Å². The van der Waals surface area contributed by atoms with Crippen LogP contribution < -0.4 is 10.6 Å². The first-order chi connectivity index (χ1) is 19.2. The molecule has 1 heterocycles. The second-order valence-electron chi connectivity index (χ2n) is 12.1. The number of carbonyl (C=O) groups excluding carboxylic acids is 2. The third-order valence-electron chi connectivity index (χ3n) is 7.72. The number of fused-ring (bicyclic) bond motifs is 1. The first kappa shape index (κ1) is 31.6. The average Bonchev–Trinajstić information content (AvgIpc) is 2.89. The van der Waals surface area contributed by atoms with Crippen LogP contribution in [0.2, 0.25) is 0 Å². The second-order valence-corrected chi connectivity index (χ2v) is 12.1. The lowest BCUT2D eigenvalue weighted by molar-refractivity contribution is -0.121. The molecule has 1 aliphatic rings. The zero-order chi connectivity index (χ0) is 28.9. The number of amides is 2. The van der Waals surface area contributed by atoms with Crippen molar-refractivity contribution in [2.45, 2.75) is 118 Å². The number of hydrogen-bond donors (Lipinski definition) is 2. The van der Waals surface area contributed by atoms with Gasteiger partial charge in [0.1, 0.15) is 6.10 Å². The Labute approximate surface area is 241 Å². The summed E-state index contributed by atoms with van der Waals surface area (Å²) in [5.41, 5.74) is 6.48. The highest BCUT2D eigenvalue weighted by Gasteiger charge is 2.22. The van der Waals surface area contributed by atoms with E-state index in [1.807, 2.05) is 6.92 Å². The minimum Gasteiger partial charge on any atom is -0.446 e. The molecule has 0 saturated heterocycles. The molecule has 220 valence electrons. The summed E-state index contributed by atoms with van der Waals surface area (Å²) in [6.07, 6.45) is 9.89. The molecule has 7 nitrogen and oxygen atoms in total. The highest BCUT2D eigenvalue weighted by molar-refractivity contribution is 5.75. The van der Waals surface area contributed by atoms with Gasteiger partial charge in [-0.05, 0) is 80.4 Å². The summed E-state index contributed by atoms with van der Waals surface area (Å²) in [4.78, 5) is 24.5. The highest BCUT2D eigenvalue weighted by Crippen LogP contribution is 2.30. The molecule has 3 rings (SSSR count). The van der Waals surface area contributed by atoms with E-state index in [1.54, 1.807) is 0 Å². The highest BCUT2D eigenvalue weighted by atomic mass is 16.6. The summed E-state index contributed by atoms with van der Waals surface area (Å²) in [6, 6.07) is 8.30. The minimum absolute atomic E-state index is 0.0854. The number of hydrogen-bond acceptors (Lipinski definition) is 5. The first-order valence-electron chi connectivity index (χ1n) is 15.4. The van der Waals surface area contributed by atoms with E-state index in [4.69, 9.17) is 4.74 Å². The molecule has 0 aliphatic heterocycles. The Bertz CT molecular complexity index is 1080. The van der Waals surface area contributed by atoms with Crippen LogP contribution in [-0.2, 0) is 28.9 Å². The van der Waals surface area contributed by atoms with Crippen LogP contribution in [0.4, 0.5) is 4.79 Å². The Hall–Kier alpha value is -2.96. The van der Waals surface area contributed by atoms with Crippen molar-refractivity contribution in [3.8, 4) is 11.3 Å². The van der Waals surface area contributed by atoms with Gasteiger partial charge in [-0.1, -0.05) is 71.2 Å². The molecule has 0 radical (unpaired) electrons. The van der Waals surface area contributed by atoms with E-state index < -0.39 is 0 Å². The van der Waals surface area contributed by atoms with Crippen molar-refractivity contribution in [1.82, 2.24) is 20.8 Å². The third-order valence-corrected chi connectivity index (χ3v) is 7.72. The maximum Gasteiger partial charge on any atom is 0.407 e. The van der Waals surface area contributed by atoms with Gasteiger partial charge in [0.25, 0.3) is 0 Å². The second kappa shape index (κ2) is 16.3. The van der Waals surface area contributed by atoms with Gasteiger partial charge in [0.15, 0.2) is 0 Å². The van der Waals surface area contributed by atoms with Crippen LogP contribution in [0.5, 0.6) is 0 Å². The number of aryl methyl sites for hydroxylation is 1. The molecule has 0 fully saturated rings. The zero-order valence-electron chi connectivity index (χ0n) is 25.4. The van der Waals surface area contributed by atoms with E-state index in [1.165, 1.54) is 24.0 Å². The molecule has 7 heteroatoms. The van der Waals surface area contributed by atoms with Gasteiger partial charge in [-0.15, -0.1) is 5.10 Å². The summed E-state index contributed by atoms with van der Waals surface area (Å²) < 4.78 is 5.76. The zero-order valence-corrected chi connectivity index (χ0v) is 25.4. The van der Waals surface area contributed by atoms with Gasteiger partial charge < -0.3 is 15.4 Å². The van der Waals surface area contributed by atoms with Crippen molar-refractivity contribution in [3.05, 3.63) is 46.6 Å². The molecule has 2 aromatic rings. The van der Waals surface area contributed by atoms with Gasteiger partial charge >= 0.3 is 6.09 Å². The van der Waals surface area contributed by atoms with E-state index >= 15 is 0 Å². The van der Waals surface area contributed by atoms with Crippen LogP contribution in [0.25, 0.3) is 11.3 Å². The first-order valence-corrected chi connectivity index (χ1v) is 15.4. The molecule has 1 aliphatic carbocycles. The SMILES string of the molecule is Cc1nnc(-c2ccc(CNC(=O)CCCCCC(C)C)cc2)c2c1CCC(OC(=O)NCCC(C)C)CCC2. The quantitative estimate of drug-likeness (QED) is 0.260. The van der Waals surface area contributed by atoms with E-state index in [9.17, 15) is 9.59 Å². The summed E-state index contributed by atoms with van der Waals surface area (Å²) >= 11 is 0. The molecule has 1 aromatic heterocycles. The number of unbranched alkanes of at least 4 members (excludes halogenated alkanes) is 2. The average molecular weight is 551 g/mol. The standard InChI is InChI=1S/C33H50N4O3/c1-23(2)10-7-6-8-13-31(38)35-22-26-14-16-27(17-15-26)32-30-12-9-11-28(18-19-29(30)25(5)36-37-32)40-33(39)34-21-20-24(3)4/h14-17,23-24,28H,6-13,18-22H2,1-5H3,(H,34,39)(H,35,38). The van der Waals surface area contributed by atoms with Crippen LogP contribution in [0.15, 0.2) is 24.3 Å². The number of carbonyl (C=O) groups is 2. The summed E-state index contributed by atoms with van der Waals surface area (Å²) in [5, 5.41) is 15.0. The fourth-order valence-electron chi connectivity index (χ4n) is 5.25. The van der Waals surface area contributed by atoms with Crippen LogP contribution in [-0.4, -0.2) is 34.8 Å². The molecule has 0 spiro atoms. The number of benzene rings is 1. The Kier molecular flexibility index (Phi) is 12.9. The number of alkyl carbamates (subject to hydrolysis) is 1. The van der Waals surface area contributed by atoms with E-state index in [-0.39, 0.29) is 18.1 Å². The van der Waals surface area contributed by atoms with Crippen LogP contribution in [0, 0.1) is 18.8 Å². The lowest BCUT2D eigenvalue weighted by Crippen LogP contribution is -2.31. The van der Waals surface area contributed by atoms with Crippen molar-refractivity contribution < 1.29 is 14.3 Å². The number of nitrogens with one attached hydrogen (secondary N) is 2. The fourth-order valence-corrected chi connectivity index (χ4v) is 5.25. The van der Waals surface area contributed by atoms with Crippen molar-refractivity contribution in [1.29, 1.82) is 0 Å². The maximum atomic E-state index is 12.3. The molecule has 2 amide bonds. The lowest BCUT2D eigenvalue weighted by Gasteiger charge is -2.24. The van der Waals surface area contributed by atoms with Crippen LogP contribution in [0.3, 0.4) is 0 Å². The smallest absolute Gasteiger partial charge is 0.407 e. The molecule has 1 aromatic carbocycles. The van der Waals surface area contributed by atoms with Crippen molar-refractivity contribution >= 4 is 12.0 Å². The molecular formula is C33H50N4O3. The van der Waals surface area contributed by atoms with Crippen molar-refractivity contribution in [2.24, 2.45) is 11.8 Å². The predicted molar refractivity (Wildman–Crippen MR) is 161 cm³/mol. The number of ether oxygens (including phenoxy) is 1. The van der Waals surface area contributed by atoms with Gasteiger partial charge in [-0.3, -0.25) is 4.79 Å². The molecule has 2 N–H and O–H groups in total. The number of aromatic nitrogens is 2. The summed E-state index contributed by atoms with van der Waals surface area (Å²) in [6.45, 7) is 12.0. The Balaban J connectivity index is 1.55. The van der Waals surface area contributed by atoms with Gasteiger partial charge in [0.2, 0.25) is 5.91 Å². The van der Waals surface area contributed by atoms with Gasteiger partial charge in [0.05, 0.1) is 11.4 Å². The monoisotopic (exact) mass is 550 g/mol. The minimum atomic E-state index is -0.311. The summed E-state index contributed by atoms with van der Waals surface area (Å²) in [7, 11) is 0. The lowest BCUT2D eigenvalue weighted by atomic mass is 9.89. The van der Waals surface area contributed by atoms with E-state index in [2.05, 4.69) is 72.8 Å². The Morgan fingerprint density at radius 3 is 2.38 bits per heavy atom. The Morgan fingerprint density at radius 2 is 1.65 bits per heavy atom. The van der Waals surface area contributed by atoms with Crippen molar-refractivity contribution in [2.75, 3.05) is 6.54 Å². The van der Waals surface area contributed by atoms with E-state index in [0.29, 0.717) is 25.4 Å². The number of rotatable bonds is 13. The number of nitrogens with zero attached hydrogens (tertiary/aromatic N) is 2. The molecule has 0 bridgehead atoms. The molecule has 40 heavy (non-hydrogen) atoms. The van der Waals surface area contributed by atoms with Gasteiger partial charge in [-0.2, -0.15) is 5.10 Å². The Morgan fingerprint density at radius 1 is 0.900 bits per heavy atom. The predicted octanol–water partition coefficient (Wildman–Crippen LogP) is 7.08. The topological polar surface area (TPSA) is 93.2 Å². The third kappa shape index (κ3) is 10.5. The fraction of sp³-hybridized carbons (Fsp3) is 0.636. The molecule has 0 saturated carbocycles. The normalized spacial score (nSPS) is 15.3. The van der Waals surface area contributed by atoms with Crippen molar-refractivity contribution in [3.63, 3.8) is 0 Å². The van der Waals surface area contributed by atoms with Gasteiger partial charge in [0, 0.05) is 25.1 Å². The summed E-state index contributed by atoms with van der Waals surface area (Å²) in [5.74, 6) is 1.40. The molecule has 1 atom stereocenters. The van der Waals surface area contributed by atoms with Gasteiger partial charge in [-0.25, -0.2) is 4.79 Å². The maximum absolute atomic E-state index is 12.3. The van der Waals surface area contributed by atoms with Crippen LogP contribution >= 0.6 is 0 Å².